The Labute approximate surface area is 171 Å². The number of aryl methyl sites for hydroxylation is 1. The SMILES string of the molecule is [2H]C1(C2CCCCC2)C=Cn2c1c(C)[n+](-c1ccccc1C)c2C1CCCCC1. The average molecular weight is 377 g/mol. The van der Waals surface area contributed by atoms with Gasteiger partial charge in [0.05, 0.1) is 12.1 Å². The summed E-state index contributed by atoms with van der Waals surface area (Å²) in [5, 5.41) is 0. The molecule has 148 valence electrons. The molecule has 2 fully saturated rings. The summed E-state index contributed by atoms with van der Waals surface area (Å²) >= 11 is 0. The van der Waals surface area contributed by atoms with E-state index in [-0.39, 0.29) is 0 Å². The second-order valence-corrected chi connectivity index (χ2v) is 9.23. The molecule has 1 atom stereocenters. The monoisotopic (exact) mass is 376 g/mol. The van der Waals surface area contributed by atoms with E-state index in [0.717, 1.165) is 0 Å². The lowest BCUT2D eigenvalue weighted by Gasteiger charge is -2.25. The first kappa shape index (κ1) is 17.1. The minimum Gasteiger partial charge on any atom is -0.203 e. The van der Waals surface area contributed by atoms with Crippen molar-refractivity contribution in [3.63, 3.8) is 0 Å². The van der Waals surface area contributed by atoms with Crippen molar-refractivity contribution in [2.24, 2.45) is 5.92 Å². The Balaban J connectivity index is 1.71. The van der Waals surface area contributed by atoms with Crippen LogP contribution < -0.4 is 4.57 Å². The first-order valence-electron chi connectivity index (χ1n) is 12.0. The number of nitrogens with zero attached hydrogens (tertiary/aromatic N) is 2. The number of imidazole rings is 1. The Morgan fingerprint density at radius 2 is 1.61 bits per heavy atom. The average Bonchev–Trinajstić information content (AvgIpc) is 3.26. The van der Waals surface area contributed by atoms with E-state index in [1.54, 1.807) is 0 Å². The lowest BCUT2D eigenvalue weighted by atomic mass is 9.79. The van der Waals surface area contributed by atoms with Crippen molar-refractivity contribution >= 4 is 6.20 Å². The van der Waals surface area contributed by atoms with Crippen LogP contribution in [0.3, 0.4) is 0 Å². The number of hydrogen-bond donors (Lipinski definition) is 0. The van der Waals surface area contributed by atoms with Gasteiger partial charge in [-0.05, 0) is 56.2 Å². The number of benzene rings is 1. The number of hydrogen-bond acceptors (Lipinski definition) is 0. The summed E-state index contributed by atoms with van der Waals surface area (Å²) < 4.78 is 14.6. The molecule has 0 N–H and O–H groups in total. The van der Waals surface area contributed by atoms with Gasteiger partial charge in [0.2, 0.25) is 0 Å². The van der Waals surface area contributed by atoms with Crippen LogP contribution in [0.4, 0.5) is 0 Å². The quantitative estimate of drug-likeness (QED) is 0.535. The molecule has 1 aromatic heterocycles. The van der Waals surface area contributed by atoms with Gasteiger partial charge in [-0.25, -0.2) is 4.57 Å². The molecule has 0 amide bonds. The van der Waals surface area contributed by atoms with Crippen LogP contribution in [-0.2, 0) is 0 Å². The number of aromatic nitrogens is 2. The van der Waals surface area contributed by atoms with E-state index in [2.05, 4.69) is 59.5 Å². The van der Waals surface area contributed by atoms with Gasteiger partial charge in [-0.1, -0.05) is 56.7 Å². The summed E-state index contributed by atoms with van der Waals surface area (Å²) in [7, 11) is 0. The van der Waals surface area contributed by atoms with Gasteiger partial charge in [0, 0.05) is 14.2 Å². The summed E-state index contributed by atoms with van der Waals surface area (Å²) in [6.07, 6.45) is 17.4. The zero-order chi connectivity index (χ0) is 20.0. The maximum absolute atomic E-state index is 9.62. The molecule has 0 saturated heterocycles. The molecule has 0 bridgehead atoms. The Morgan fingerprint density at radius 1 is 0.929 bits per heavy atom. The lowest BCUT2D eigenvalue weighted by molar-refractivity contribution is -0.612. The highest BCUT2D eigenvalue weighted by atomic mass is 15.2. The van der Waals surface area contributed by atoms with Gasteiger partial charge in [0.15, 0.2) is 5.69 Å². The van der Waals surface area contributed by atoms with E-state index in [1.807, 2.05) is 0 Å². The van der Waals surface area contributed by atoms with Gasteiger partial charge in [-0.2, -0.15) is 4.57 Å². The Bertz CT molecular complexity index is 928. The van der Waals surface area contributed by atoms with Gasteiger partial charge < -0.3 is 0 Å². The first-order chi connectivity index (χ1) is 14.1. The molecule has 3 aliphatic rings. The Hall–Kier alpha value is -1.83. The van der Waals surface area contributed by atoms with Gasteiger partial charge in [0.25, 0.3) is 5.82 Å². The van der Waals surface area contributed by atoms with Crippen LogP contribution in [0.15, 0.2) is 30.3 Å². The van der Waals surface area contributed by atoms with Gasteiger partial charge in [-0.15, -0.1) is 0 Å². The molecule has 2 aliphatic carbocycles. The van der Waals surface area contributed by atoms with Gasteiger partial charge in [-0.3, -0.25) is 0 Å². The molecule has 2 aromatic rings. The van der Waals surface area contributed by atoms with Crippen LogP contribution in [-0.4, -0.2) is 4.57 Å². The molecule has 2 nitrogen and oxygen atoms in total. The molecule has 28 heavy (non-hydrogen) atoms. The molecule has 1 aromatic carbocycles. The fourth-order valence-electron chi connectivity index (χ4n) is 6.01. The molecular weight excluding hydrogens is 340 g/mol. The predicted molar refractivity (Wildman–Crippen MR) is 116 cm³/mol. The summed E-state index contributed by atoms with van der Waals surface area (Å²) in [4.78, 5) is 0. The third kappa shape index (κ3) is 2.96. The third-order valence-electron chi connectivity index (χ3n) is 7.44. The zero-order valence-corrected chi connectivity index (χ0v) is 17.6. The molecule has 0 radical (unpaired) electrons. The third-order valence-corrected chi connectivity index (χ3v) is 7.44. The van der Waals surface area contributed by atoms with Crippen molar-refractivity contribution in [2.45, 2.75) is 89.9 Å². The standard InChI is InChI=1S/C26H35N2/c1-19-11-9-10-16-24(19)28-20(2)25-23(21-12-5-3-6-13-21)17-18-27(25)26(28)22-14-7-4-8-15-22/h9-11,16-18,21-23H,3-8,12-15H2,1-2H3/q+1/i23D. The zero-order valence-electron chi connectivity index (χ0n) is 18.6. The summed E-state index contributed by atoms with van der Waals surface area (Å²) in [5.74, 6) is 1.90. The highest BCUT2D eigenvalue weighted by Crippen LogP contribution is 2.43. The Morgan fingerprint density at radius 3 is 2.32 bits per heavy atom. The van der Waals surface area contributed by atoms with E-state index in [1.165, 1.54) is 92.7 Å². The Kier molecular flexibility index (Phi) is 4.59. The molecule has 2 heterocycles. The van der Waals surface area contributed by atoms with Crippen LogP contribution in [0.25, 0.3) is 11.9 Å². The maximum Gasteiger partial charge on any atom is 0.269 e. The highest BCUT2D eigenvalue weighted by Gasteiger charge is 2.42. The van der Waals surface area contributed by atoms with Gasteiger partial charge >= 0.3 is 0 Å². The molecule has 1 aliphatic heterocycles. The summed E-state index contributed by atoms with van der Waals surface area (Å²) in [6, 6.07) is 8.78. The molecule has 1 unspecified atom stereocenters. The van der Waals surface area contributed by atoms with Crippen LogP contribution in [0.2, 0.25) is 0 Å². The first-order valence-corrected chi connectivity index (χ1v) is 11.5. The number of fused-ring (bicyclic) bond motifs is 1. The molecule has 2 heteroatoms. The lowest BCUT2D eigenvalue weighted by Crippen LogP contribution is -2.40. The largest absolute Gasteiger partial charge is 0.269 e. The van der Waals surface area contributed by atoms with Crippen molar-refractivity contribution < 1.29 is 5.94 Å². The van der Waals surface area contributed by atoms with Crippen molar-refractivity contribution in [1.29, 1.82) is 0 Å². The predicted octanol–water partition coefficient (Wildman–Crippen LogP) is 6.58. The van der Waals surface area contributed by atoms with E-state index in [4.69, 9.17) is 0 Å². The summed E-state index contributed by atoms with van der Waals surface area (Å²) in [5.41, 5.74) is 5.14. The van der Waals surface area contributed by atoms with Crippen LogP contribution >= 0.6 is 0 Å². The van der Waals surface area contributed by atoms with E-state index in [0.29, 0.717) is 11.8 Å². The van der Waals surface area contributed by atoms with Crippen molar-refractivity contribution in [1.82, 2.24) is 4.57 Å². The normalized spacial score (nSPS) is 26.4. The van der Waals surface area contributed by atoms with Crippen LogP contribution in [0.1, 0.15) is 100 Å². The fraction of sp³-hybridized carbons (Fsp3) is 0.577. The molecule has 0 spiro atoms. The molecule has 5 rings (SSSR count). The highest BCUT2D eigenvalue weighted by molar-refractivity contribution is 5.45. The summed E-state index contributed by atoms with van der Waals surface area (Å²) in [6.45, 7) is 4.49. The smallest absolute Gasteiger partial charge is 0.203 e. The van der Waals surface area contributed by atoms with Crippen molar-refractivity contribution in [3.8, 4) is 5.69 Å². The second-order valence-electron chi connectivity index (χ2n) is 9.23. The fourth-order valence-corrected chi connectivity index (χ4v) is 6.01. The number of para-hydroxylation sites is 1. The van der Waals surface area contributed by atoms with Crippen molar-refractivity contribution in [3.05, 3.63) is 53.1 Å². The van der Waals surface area contributed by atoms with Crippen molar-refractivity contribution in [2.75, 3.05) is 0 Å². The topological polar surface area (TPSA) is 8.81 Å². The van der Waals surface area contributed by atoms with E-state index >= 15 is 0 Å². The van der Waals surface area contributed by atoms with E-state index in [9.17, 15) is 1.37 Å². The molecular formula is C26H35N2+. The van der Waals surface area contributed by atoms with Crippen LogP contribution in [0, 0.1) is 19.8 Å². The minimum absolute atomic E-state index is 0.451. The number of rotatable bonds is 3. The second kappa shape index (κ2) is 7.54. The minimum atomic E-state index is -0.568. The van der Waals surface area contributed by atoms with Gasteiger partial charge in [0.1, 0.15) is 11.4 Å². The number of allylic oxidation sites excluding steroid dienone is 1. The van der Waals surface area contributed by atoms with E-state index < -0.39 is 5.89 Å². The van der Waals surface area contributed by atoms with Crippen LogP contribution in [0.5, 0.6) is 0 Å². The maximum atomic E-state index is 9.62. The molecule has 2 saturated carbocycles.